The molecule has 0 saturated heterocycles. The molecule has 0 amide bonds. The highest BCUT2D eigenvalue weighted by atomic mass is 79.9. The summed E-state index contributed by atoms with van der Waals surface area (Å²) in [6, 6.07) is 2.47. The minimum atomic E-state index is -3.67. The summed E-state index contributed by atoms with van der Waals surface area (Å²) in [6.07, 6.45) is 2.29. The Labute approximate surface area is 108 Å². The SMILES string of the molecule is O=C(Cn1cnnn1)C(F)(F)c1ccc(Br)cn1. The lowest BCUT2D eigenvalue weighted by Crippen LogP contribution is -2.30. The Balaban J connectivity index is 2.19. The van der Waals surface area contributed by atoms with Gasteiger partial charge in [-0.05, 0) is 38.5 Å². The van der Waals surface area contributed by atoms with Crippen LogP contribution in [-0.4, -0.2) is 31.0 Å². The molecular formula is C9H6BrF2N5O. The number of ketones is 1. The van der Waals surface area contributed by atoms with Crippen LogP contribution in [0, 0.1) is 0 Å². The number of Topliss-reactive ketones (excluding diaryl/α,β-unsaturated/α-hetero) is 1. The second-order valence-electron chi connectivity index (χ2n) is 3.37. The van der Waals surface area contributed by atoms with Gasteiger partial charge in [0.1, 0.15) is 18.6 Å². The normalized spacial score (nSPS) is 11.5. The quantitative estimate of drug-likeness (QED) is 0.847. The van der Waals surface area contributed by atoms with Crippen LogP contribution in [-0.2, 0) is 17.3 Å². The van der Waals surface area contributed by atoms with E-state index in [4.69, 9.17) is 0 Å². The third-order valence-corrected chi connectivity index (χ3v) is 2.57. The summed E-state index contributed by atoms with van der Waals surface area (Å²) in [4.78, 5) is 15.0. The molecule has 0 atom stereocenters. The highest BCUT2D eigenvalue weighted by Gasteiger charge is 2.42. The number of aromatic nitrogens is 5. The van der Waals surface area contributed by atoms with Gasteiger partial charge in [-0.15, -0.1) is 5.10 Å². The zero-order chi connectivity index (χ0) is 13.2. The molecule has 0 spiro atoms. The summed E-state index contributed by atoms with van der Waals surface area (Å²) < 4.78 is 29.0. The molecular weight excluding hydrogens is 312 g/mol. The molecule has 6 nitrogen and oxygen atoms in total. The van der Waals surface area contributed by atoms with Crippen LogP contribution in [0.1, 0.15) is 5.69 Å². The Morgan fingerprint density at radius 2 is 2.22 bits per heavy atom. The molecule has 0 aromatic carbocycles. The number of nitrogens with zero attached hydrogens (tertiary/aromatic N) is 5. The average molecular weight is 318 g/mol. The van der Waals surface area contributed by atoms with Crippen molar-refractivity contribution >= 4 is 21.7 Å². The fraction of sp³-hybridized carbons (Fsp3) is 0.222. The molecule has 2 aromatic heterocycles. The minimum Gasteiger partial charge on any atom is -0.290 e. The minimum absolute atomic E-state index is 0.551. The molecule has 94 valence electrons. The van der Waals surface area contributed by atoms with Gasteiger partial charge in [0, 0.05) is 10.7 Å². The van der Waals surface area contributed by atoms with E-state index in [2.05, 4.69) is 36.4 Å². The predicted molar refractivity (Wildman–Crippen MR) is 58.7 cm³/mol. The van der Waals surface area contributed by atoms with Crippen molar-refractivity contribution < 1.29 is 13.6 Å². The standard InChI is InChI=1S/C9H6BrF2N5O/c10-6-1-2-7(13-3-6)9(11,12)8(18)4-17-5-14-15-16-17/h1-3,5H,4H2. The van der Waals surface area contributed by atoms with Crippen LogP contribution >= 0.6 is 15.9 Å². The van der Waals surface area contributed by atoms with E-state index in [-0.39, 0.29) is 0 Å². The van der Waals surface area contributed by atoms with Crippen LogP contribution in [0.4, 0.5) is 8.78 Å². The first-order valence-electron chi connectivity index (χ1n) is 4.74. The lowest BCUT2D eigenvalue weighted by Gasteiger charge is -2.13. The zero-order valence-corrected chi connectivity index (χ0v) is 10.4. The summed E-state index contributed by atoms with van der Waals surface area (Å²) in [5.74, 6) is -5.00. The molecule has 18 heavy (non-hydrogen) atoms. The van der Waals surface area contributed by atoms with Gasteiger partial charge in [0.05, 0.1) is 0 Å². The molecule has 0 N–H and O–H groups in total. The van der Waals surface area contributed by atoms with E-state index in [9.17, 15) is 13.6 Å². The predicted octanol–water partition coefficient (Wildman–Crippen LogP) is 1.19. The van der Waals surface area contributed by atoms with Crippen molar-refractivity contribution in [2.24, 2.45) is 0 Å². The van der Waals surface area contributed by atoms with Crippen LogP contribution in [0.25, 0.3) is 0 Å². The Kier molecular flexibility index (Phi) is 3.41. The molecule has 0 aliphatic heterocycles. The van der Waals surface area contributed by atoms with Crippen LogP contribution in [0.15, 0.2) is 29.1 Å². The maximum atomic E-state index is 13.8. The van der Waals surface area contributed by atoms with E-state index in [0.29, 0.717) is 4.47 Å². The van der Waals surface area contributed by atoms with E-state index in [1.165, 1.54) is 12.3 Å². The Morgan fingerprint density at radius 1 is 1.44 bits per heavy atom. The molecule has 0 unspecified atom stereocenters. The fourth-order valence-corrected chi connectivity index (χ4v) is 1.44. The first-order valence-corrected chi connectivity index (χ1v) is 5.53. The van der Waals surface area contributed by atoms with Crippen LogP contribution in [0.3, 0.4) is 0 Å². The van der Waals surface area contributed by atoms with Crippen LogP contribution < -0.4 is 0 Å². The lowest BCUT2D eigenvalue weighted by molar-refractivity contribution is -0.146. The number of pyridine rings is 1. The summed E-state index contributed by atoms with van der Waals surface area (Å²) in [7, 11) is 0. The third-order valence-electron chi connectivity index (χ3n) is 2.10. The van der Waals surface area contributed by atoms with Gasteiger partial charge >= 0.3 is 5.92 Å². The molecule has 0 aliphatic carbocycles. The lowest BCUT2D eigenvalue weighted by atomic mass is 10.1. The Hall–Kier alpha value is -1.77. The molecule has 0 saturated carbocycles. The van der Waals surface area contributed by atoms with Gasteiger partial charge in [0.2, 0.25) is 5.78 Å². The highest BCUT2D eigenvalue weighted by molar-refractivity contribution is 9.10. The summed E-state index contributed by atoms with van der Waals surface area (Å²) in [5.41, 5.74) is -0.608. The molecule has 2 rings (SSSR count). The van der Waals surface area contributed by atoms with E-state index < -0.39 is 23.9 Å². The summed E-state index contributed by atoms with van der Waals surface area (Å²) in [5, 5.41) is 9.86. The van der Waals surface area contributed by atoms with E-state index >= 15 is 0 Å². The number of tetrazole rings is 1. The third kappa shape index (κ3) is 2.55. The summed E-state index contributed by atoms with van der Waals surface area (Å²) in [6.45, 7) is -0.613. The first kappa shape index (κ1) is 12.7. The van der Waals surface area contributed by atoms with E-state index in [1.807, 2.05) is 0 Å². The maximum absolute atomic E-state index is 13.8. The molecule has 2 heterocycles. The number of halogens is 3. The number of hydrogen-bond donors (Lipinski definition) is 0. The average Bonchev–Trinajstić information content (AvgIpc) is 2.82. The number of carbonyl (C=O) groups excluding carboxylic acids is 1. The number of alkyl halides is 2. The van der Waals surface area contributed by atoms with Crippen molar-refractivity contribution in [2.75, 3.05) is 0 Å². The fourth-order valence-electron chi connectivity index (χ4n) is 1.20. The van der Waals surface area contributed by atoms with Gasteiger partial charge in [-0.25, -0.2) is 4.68 Å². The van der Waals surface area contributed by atoms with Gasteiger partial charge in [0.25, 0.3) is 0 Å². The van der Waals surface area contributed by atoms with Crippen molar-refractivity contribution in [2.45, 2.75) is 12.5 Å². The monoisotopic (exact) mass is 317 g/mol. The van der Waals surface area contributed by atoms with Crippen LogP contribution in [0.2, 0.25) is 0 Å². The molecule has 0 fully saturated rings. The van der Waals surface area contributed by atoms with Crippen molar-refractivity contribution in [1.29, 1.82) is 0 Å². The first-order chi connectivity index (χ1) is 8.50. The molecule has 9 heteroatoms. The molecule has 0 aliphatic rings. The van der Waals surface area contributed by atoms with Gasteiger partial charge < -0.3 is 0 Å². The summed E-state index contributed by atoms with van der Waals surface area (Å²) >= 11 is 3.07. The van der Waals surface area contributed by atoms with Gasteiger partial charge in [-0.2, -0.15) is 8.78 Å². The topological polar surface area (TPSA) is 73.6 Å². The van der Waals surface area contributed by atoms with Crippen molar-refractivity contribution in [3.63, 3.8) is 0 Å². The van der Waals surface area contributed by atoms with Gasteiger partial charge in [-0.3, -0.25) is 9.78 Å². The maximum Gasteiger partial charge on any atom is 0.348 e. The second kappa shape index (κ2) is 4.84. The smallest absolute Gasteiger partial charge is 0.290 e. The molecule has 0 bridgehead atoms. The van der Waals surface area contributed by atoms with Gasteiger partial charge in [-0.1, -0.05) is 0 Å². The van der Waals surface area contributed by atoms with Crippen molar-refractivity contribution in [3.05, 3.63) is 34.8 Å². The van der Waals surface area contributed by atoms with E-state index in [1.54, 1.807) is 0 Å². The Bertz CT molecular complexity index is 543. The molecule has 0 radical (unpaired) electrons. The van der Waals surface area contributed by atoms with Crippen molar-refractivity contribution in [1.82, 2.24) is 25.2 Å². The van der Waals surface area contributed by atoms with Crippen LogP contribution in [0.5, 0.6) is 0 Å². The largest absolute Gasteiger partial charge is 0.348 e. The second-order valence-corrected chi connectivity index (χ2v) is 4.28. The number of rotatable bonds is 4. The number of hydrogen-bond acceptors (Lipinski definition) is 5. The highest BCUT2D eigenvalue weighted by Crippen LogP contribution is 2.28. The van der Waals surface area contributed by atoms with E-state index in [0.717, 1.165) is 17.1 Å². The zero-order valence-electron chi connectivity index (χ0n) is 8.79. The van der Waals surface area contributed by atoms with Crippen molar-refractivity contribution in [3.8, 4) is 0 Å². The number of carbonyl (C=O) groups is 1. The Morgan fingerprint density at radius 3 is 2.78 bits per heavy atom. The molecule has 2 aromatic rings. The van der Waals surface area contributed by atoms with Gasteiger partial charge in [0.15, 0.2) is 0 Å².